The third-order valence-corrected chi connectivity index (χ3v) is 4.40. The van der Waals surface area contributed by atoms with Crippen molar-refractivity contribution in [3.8, 4) is 0 Å². The van der Waals surface area contributed by atoms with Crippen molar-refractivity contribution in [2.75, 3.05) is 6.61 Å². The fourth-order valence-electron chi connectivity index (χ4n) is 3.07. The first-order chi connectivity index (χ1) is 9.01. The smallest absolute Gasteiger partial charge is 0.123 e. The number of hydrogen-bond acceptors (Lipinski definition) is 1. The van der Waals surface area contributed by atoms with Gasteiger partial charge in [-0.1, -0.05) is 0 Å². The summed E-state index contributed by atoms with van der Waals surface area (Å²) in [6, 6.07) is 3.14. The number of alkyl halides is 1. The third-order valence-electron chi connectivity index (χ3n) is 4.01. The zero-order chi connectivity index (χ0) is 14.0. The quantitative estimate of drug-likeness (QED) is 0.697. The average molecular weight is 285 g/mol. The van der Waals surface area contributed by atoms with Crippen LogP contribution in [-0.4, -0.2) is 12.7 Å². The molecule has 19 heavy (non-hydrogen) atoms. The van der Waals surface area contributed by atoms with Gasteiger partial charge < -0.3 is 4.74 Å². The van der Waals surface area contributed by atoms with Crippen LogP contribution in [-0.2, 0) is 4.74 Å². The van der Waals surface area contributed by atoms with Gasteiger partial charge in [-0.05, 0) is 74.8 Å². The van der Waals surface area contributed by atoms with E-state index in [1.54, 1.807) is 12.1 Å². The van der Waals surface area contributed by atoms with Crippen molar-refractivity contribution in [3.63, 3.8) is 0 Å². The molecule has 1 fully saturated rings. The van der Waals surface area contributed by atoms with Crippen molar-refractivity contribution in [1.29, 1.82) is 0 Å². The Morgan fingerprint density at radius 3 is 2.42 bits per heavy atom. The highest BCUT2D eigenvalue weighted by atomic mass is 35.5. The summed E-state index contributed by atoms with van der Waals surface area (Å²) in [5.41, 5.74) is 3.01. The molecule has 0 heterocycles. The number of ether oxygens (including phenoxy) is 1. The number of aryl methyl sites for hydroxylation is 2. The summed E-state index contributed by atoms with van der Waals surface area (Å²) >= 11 is 6.54. The number of rotatable bonds is 5. The van der Waals surface area contributed by atoms with Crippen LogP contribution in [0, 0.1) is 25.6 Å². The lowest BCUT2D eigenvalue weighted by atomic mass is 9.78. The van der Waals surface area contributed by atoms with Crippen molar-refractivity contribution in [1.82, 2.24) is 0 Å². The Balaban J connectivity index is 1.96. The Hall–Kier alpha value is -0.600. The number of benzene rings is 1. The van der Waals surface area contributed by atoms with Gasteiger partial charge in [0, 0.05) is 6.61 Å². The van der Waals surface area contributed by atoms with E-state index < -0.39 is 0 Å². The SMILES string of the molecule is CCOC1CC(CC(Cl)c2c(C)cc(F)cc2C)C1. The first kappa shape index (κ1) is 14.8. The van der Waals surface area contributed by atoms with Gasteiger partial charge >= 0.3 is 0 Å². The molecule has 0 N–H and O–H groups in total. The van der Waals surface area contributed by atoms with Crippen molar-refractivity contribution in [2.24, 2.45) is 5.92 Å². The van der Waals surface area contributed by atoms with Gasteiger partial charge in [-0.3, -0.25) is 0 Å². The van der Waals surface area contributed by atoms with Crippen LogP contribution in [0.15, 0.2) is 12.1 Å². The van der Waals surface area contributed by atoms with Crippen LogP contribution in [0.2, 0.25) is 0 Å². The maximum atomic E-state index is 13.3. The largest absolute Gasteiger partial charge is 0.378 e. The van der Waals surface area contributed by atoms with E-state index in [-0.39, 0.29) is 11.2 Å². The standard InChI is InChI=1S/C16H22ClFO/c1-4-19-14-7-12(8-14)9-15(17)16-10(2)5-13(18)6-11(16)3/h5-6,12,14-15H,4,7-9H2,1-3H3. The van der Waals surface area contributed by atoms with E-state index >= 15 is 0 Å². The lowest BCUT2D eigenvalue weighted by Crippen LogP contribution is -2.32. The molecule has 3 heteroatoms. The van der Waals surface area contributed by atoms with Crippen molar-refractivity contribution >= 4 is 11.6 Å². The van der Waals surface area contributed by atoms with Crippen LogP contribution in [0.1, 0.15) is 48.3 Å². The first-order valence-electron chi connectivity index (χ1n) is 7.03. The molecule has 1 atom stereocenters. The monoisotopic (exact) mass is 284 g/mol. The van der Waals surface area contributed by atoms with Crippen molar-refractivity contribution in [2.45, 2.75) is 51.5 Å². The molecule has 1 aliphatic carbocycles. The molecular formula is C16H22ClFO. The second-order valence-electron chi connectivity index (χ2n) is 5.57. The molecule has 1 nitrogen and oxygen atoms in total. The molecule has 1 saturated carbocycles. The van der Waals surface area contributed by atoms with Crippen LogP contribution in [0.3, 0.4) is 0 Å². The second kappa shape index (κ2) is 6.23. The highest BCUT2D eigenvalue weighted by Gasteiger charge is 2.31. The predicted octanol–water partition coefficient (Wildman–Crippen LogP) is 4.93. The molecule has 106 valence electrons. The van der Waals surface area contributed by atoms with Gasteiger partial charge in [-0.15, -0.1) is 11.6 Å². The molecule has 0 amide bonds. The summed E-state index contributed by atoms with van der Waals surface area (Å²) in [7, 11) is 0. The molecule has 0 spiro atoms. The zero-order valence-electron chi connectivity index (χ0n) is 11.9. The van der Waals surface area contributed by atoms with Gasteiger partial charge in [0.1, 0.15) is 5.82 Å². The molecule has 1 aliphatic rings. The summed E-state index contributed by atoms with van der Waals surface area (Å²) in [5, 5.41) is -0.0202. The second-order valence-corrected chi connectivity index (χ2v) is 6.10. The Kier molecular flexibility index (Phi) is 4.86. The highest BCUT2D eigenvalue weighted by Crippen LogP contribution is 2.41. The maximum Gasteiger partial charge on any atom is 0.123 e. The molecule has 0 aliphatic heterocycles. The lowest BCUT2D eigenvalue weighted by molar-refractivity contribution is -0.0267. The summed E-state index contributed by atoms with van der Waals surface area (Å²) < 4.78 is 18.9. The zero-order valence-corrected chi connectivity index (χ0v) is 12.6. The fourth-order valence-corrected chi connectivity index (χ4v) is 3.66. The van der Waals surface area contributed by atoms with Gasteiger partial charge in [0.05, 0.1) is 11.5 Å². The lowest BCUT2D eigenvalue weighted by Gasteiger charge is -2.36. The molecule has 0 aromatic heterocycles. The summed E-state index contributed by atoms with van der Waals surface area (Å²) in [5.74, 6) is 0.463. The summed E-state index contributed by atoms with van der Waals surface area (Å²) in [4.78, 5) is 0. The van der Waals surface area contributed by atoms with Gasteiger partial charge in [-0.2, -0.15) is 0 Å². The average Bonchev–Trinajstić information content (AvgIpc) is 2.24. The van der Waals surface area contributed by atoms with Gasteiger partial charge in [0.25, 0.3) is 0 Å². The van der Waals surface area contributed by atoms with E-state index in [0.717, 1.165) is 42.6 Å². The molecule has 1 aromatic carbocycles. The molecule has 0 saturated heterocycles. The van der Waals surface area contributed by atoms with E-state index in [2.05, 4.69) is 0 Å². The Morgan fingerprint density at radius 2 is 1.89 bits per heavy atom. The van der Waals surface area contributed by atoms with E-state index in [1.807, 2.05) is 20.8 Å². The normalized spacial score (nSPS) is 24.1. The molecule has 1 unspecified atom stereocenters. The number of halogens is 2. The summed E-state index contributed by atoms with van der Waals surface area (Å²) in [6.45, 7) is 6.69. The van der Waals surface area contributed by atoms with Crippen LogP contribution >= 0.6 is 11.6 Å². The van der Waals surface area contributed by atoms with E-state index in [0.29, 0.717) is 12.0 Å². The van der Waals surface area contributed by atoms with Crippen LogP contribution in [0.4, 0.5) is 4.39 Å². The van der Waals surface area contributed by atoms with Gasteiger partial charge in [-0.25, -0.2) is 4.39 Å². The molecule has 0 radical (unpaired) electrons. The molecule has 1 aromatic rings. The van der Waals surface area contributed by atoms with Gasteiger partial charge in [0.2, 0.25) is 0 Å². The Bertz CT molecular complexity index is 417. The minimum Gasteiger partial charge on any atom is -0.378 e. The third kappa shape index (κ3) is 3.49. The Morgan fingerprint density at radius 1 is 1.32 bits per heavy atom. The van der Waals surface area contributed by atoms with E-state index in [1.165, 1.54) is 0 Å². The number of hydrogen-bond donors (Lipinski definition) is 0. The minimum absolute atomic E-state index is 0.0202. The molecule has 0 bridgehead atoms. The predicted molar refractivity (Wildman–Crippen MR) is 77.2 cm³/mol. The molecule has 2 rings (SSSR count). The molecular weight excluding hydrogens is 263 g/mol. The van der Waals surface area contributed by atoms with Crippen LogP contribution < -0.4 is 0 Å². The van der Waals surface area contributed by atoms with E-state index in [4.69, 9.17) is 16.3 Å². The Labute approximate surface area is 120 Å². The van der Waals surface area contributed by atoms with Crippen LogP contribution in [0.5, 0.6) is 0 Å². The van der Waals surface area contributed by atoms with Crippen molar-refractivity contribution in [3.05, 3.63) is 34.6 Å². The van der Waals surface area contributed by atoms with Crippen LogP contribution in [0.25, 0.3) is 0 Å². The highest BCUT2D eigenvalue weighted by molar-refractivity contribution is 6.21. The topological polar surface area (TPSA) is 9.23 Å². The summed E-state index contributed by atoms with van der Waals surface area (Å²) in [6.07, 6.45) is 3.60. The maximum absolute atomic E-state index is 13.3. The first-order valence-corrected chi connectivity index (χ1v) is 7.47. The van der Waals surface area contributed by atoms with Gasteiger partial charge in [0.15, 0.2) is 0 Å². The van der Waals surface area contributed by atoms with E-state index in [9.17, 15) is 4.39 Å². The minimum atomic E-state index is -0.178. The van der Waals surface area contributed by atoms with Crippen molar-refractivity contribution < 1.29 is 9.13 Å². The fraction of sp³-hybridized carbons (Fsp3) is 0.625.